The van der Waals surface area contributed by atoms with Crippen LogP contribution < -0.4 is 4.74 Å². The van der Waals surface area contributed by atoms with Crippen molar-refractivity contribution in [3.8, 4) is 17.6 Å². The Labute approximate surface area is 191 Å². The van der Waals surface area contributed by atoms with Crippen molar-refractivity contribution in [3.63, 3.8) is 0 Å². The van der Waals surface area contributed by atoms with Crippen molar-refractivity contribution >= 4 is 21.6 Å². The van der Waals surface area contributed by atoms with Gasteiger partial charge in [0.15, 0.2) is 17.5 Å². The number of ether oxygens (including phenoxy) is 1. The molecule has 0 aliphatic heterocycles. The molecule has 0 unspecified atom stereocenters. The van der Waals surface area contributed by atoms with E-state index in [9.17, 15) is 22.0 Å². The maximum Gasteiger partial charge on any atom is 0.454 e. The fraction of sp³-hybridized carbons (Fsp3) is 0.160. The van der Waals surface area contributed by atoms with Gasteiger partial charge in [-0.25, -0.2) is 18.2 Å². The third-order valence-electron chi connectivity index (χ3n) is 4.32. The Balaban J connectivity index is 1.87. The summed E-state index contributed by atoms with van der Waals surface area (Å²) in [6, 6.07) is 5.51. The molecular formula is C25H18F5NOS. The normalized spacial score (nSPS) is 12.8. The van der Waals surface area contributed by atoms with Crippen molar-refractivity contribution in [2.24, 2.45) is 0 Å². The molecular weight excluding hydrogens is 457 g/mol. The second-order valence-electron chi connectivity index (χ2n) is 6.90. The van der Waals surface area contributed by atoms with E-state index in [4.69, 9.17) is 0 Å². The van der Waals surface area contributed by atoms with Gasteiger partial charge in [-0.2, -0.15) is 8.78 Å². The van der Waals surface area contributed by atoms with Crippen molar-refractivity contribution in [2.75, 3.05) is 0 Å². The van der Waals surface area contributed by atoms with Crippen LogP contribution in [0.2, 0.25) is 0 Å². The van der Waals surface area contributed by atoms with Crippen LogP contribution >= 0.6 is 11.3 Å². The summed E-state index contributed by atoms with van der Waals surface area (Å²) < 4.78 is 73.7. The van der Waals surface area contributed by atoms with Gasteiger partial charge in [0.2, 0.25) is 5.01 Å². The molecule has 170 valence electrons. The molecule has 0 aliphatic rings. The Morgan fingerprint density at radius 2 is 1.79 bits per heavy atom. The highest BCUT2D eigenvalue weighted by Crippen LogP contribution is 2.37. The number of benzene rings is 2. The zero-order chi connectivity index (χ0) is 24.2. The van der Waals surface area contributed by atoms with E-state index < -0.39 is 34.3 Å². The van der Waals surface area contributed by atoms with Crippen LogP contribution in [0.25, 0.3) is 10.2 Å². The number of thiazole rings is 1. The summed E-state index contributed by atoms with van der Waals surface area (Å²) in [5.41, 5.74) is 2.72. The number of hydrogen-bond acceptors (Lipinski definition) is 3. The Kier molecular flexibility index (Phi) is 7.34. The first-order valence-corrected chi connectivity index (χ1v) is 10.6. The summed E-state index contributed by atoms with van der Waals surface area (Å²) in [6.45, 7) is 5.73. The third kappa shape index (κ3) is 5.88. The Bertz CT molecular complexity index is 1320. The topological polar surface area (TPSA) is 22.1 Å². The van der Waals surface area contributed by atoms with Crippen LogP contribution in [0.5, 0.6) is 5.75 Å². The zero-order valence-electron chi connectivity index (χ0n) is 17.8. The lowest BCUT2D eigenvalue weighted by Crippen LogP contribution is -2.21. The second-order valence-corrected chi connectivity index (χ2v) is 7.93. The standard InChI is InChI=1S/C25H18F5NOS/c1-4-6-15(3)11-16(5-2)7-8-17-9-10-21-22(12-17)33-24(31-21)25(29,30)32-18-13-19(26)23(28)20(27)14-18/h4-6,9-14H,1-3H3/b6-4-,15-11+,16-5-. The summed E-state index contributed by atoms with van der Waals surface area (Å²) in [5, 5.41) is -0.716. The molecule has 0 saturated heterocycles. The average molecular weight is 475 g/mol. The van der Waals surface area contributed by atoms with Crippen LogP contribution in [0.15, 0.2) is 65.8 Å². The van der Waals surface area contributed by atoms with Crippen LogP contribution in [0.3, 0.4) is 0 Å². The maximum absolute atomic E-state index is 14.6. The Morgan fingerprint density at radius 3 is 2.42 bits per heavy atom. The number of hydrogen-bond donors (Lipinski definition) is 0. The van der Waals surface area contributed by atoms with E-state index in [1.54, 1.807) is 18.2 Å². The van der Waals surface area contributed by atoms with Gasteiger partial charge in [-0.1, -0.05) is 35.6 Å². The van der Waals surface area contributed by atoms with Crippen LogP contribution in [-0.4, -0.2) is 4.98 Å². The summed E-state index contributed by atoms with van der Waals surface area (Å²) in [5.74, 6) is 0.132. The SMILES string of the molecule is C\C=C/C(C)=C/C(C#Cc1ccc2nc(C(F)(F)Oc3cc(F)c(F)c(F)c3)sc2c1)=C\C. The van der Waals surface area contributed by atoms with Crippen molar-refractivity contribution in [2.45, 2.75) is 26.9 Å². The van der Waals surface area contributed by atoms with Crippen LogP contribution in [-0.2, 0) is 6.11 Å². The first-order chi connectivity index (χ1) is 15.6. The summed E-state index contributed by atoms with van der Waals surface area (Å²) in [4.78, 5) is 3.86. The van der Waals surface area contributed by atoms with E-state index in [-0.39, 0.29) is 5.52 Å². The Hall–Kier alpha value is -3.44. The van der Waals surface area contributed by atoms with E-state index in [1.807, 2.05) is 45.1 Å². The number of alkyl halides is 2. The lowest BCUT2D eigenvalue weighted by atomic mass is 10.1. The number of nitrogens with zero attached hydrogens (tertiary/aromatic N) is 1. The van der Waals surface area contributed by atoms with E-state index in [0.29, 0.717) is 33.7 Å². The van der Waals surface area contributed by atoms with Gasteiger partial charge in [-0.15, -0.1) is 11.3 Å². The second kappa shape index (κ2) is 10.0. The largest absolute Gasteiger partial charge is 0.454 e. The molecule has 1 aromatic heterocycles. The van der Waals surface area contributed by atoms with Crippen LogP contribution in [0, 0.1) is 29.3 Å². The van der Waals surface area contributed by atoms with Gasteiger partial charge in [0, 0.05) is 23.3 Å². The summed E-state index contributed by atoms with van der Waals surface area (Å²) in [7, 11) is 0. The van der Waals surface area contributed by atoms with Gasteiger partial charge < -0.3 is 4.74 Å². The van der Waals surface area contributed by atoms with Gasteiger partial charge in [-0.05, 0) is 45.0 Å². The number of fused-ring (bicyclic) bond motifs is 1. The fourth-order valence-electron chi connectivity index (χ4n) is 2.80. The number of rotatable bonds is 5. The molecule has 3 rings (SSSR count). The van der Waals surface area contributed by atoms with Crippen molar-refractivity contribution in [3.05, 3.63) is 93.8 Å². The molecule has 1 heterocycles. The highest BCUT2D eigenvalue weighted by molar-refractivity contribution is 7.18. The van der Waals surface area contributed by atoms with E-state index in [2.05, 4.69) is 21.6 Å². The molecule has 0 radical (unpaired) electrons. The maximum atomic E-state index is 14.6. The summed E-state index contributed by atoms with van der Waals surface area (Å²) in [6.07, 6.45) is 3.68. The number of allylic oxidation sites excluding steroid dienone is 6. The third-order valence-corrected chi connectivity index (χ3v) is 5.38. The molecule has 0 atom stereocenters. The molecule has 0 bridgehead atoms. The zero-order valence-corrected chi connectivity index (χ0v) is 18.7. The van der Waals surface area contributed by atoms with Crippen LogP contribution in [0.4, 0.5) is 22.0 Å². The molecule has 0 fully saturated rings. The minimum absolute atomic E-state index is 0.287. The molecule has 0 saturated carbocycles. The van der Waals surface area contributed by atoms with Gasteiger partial charge in [0.05, 0.1) is 10.2 Å². The van der Waals surface area contributed by atoms with Crippen molar-refractivity contribution in [1.82, 2.24) is 4.98 Å². The predicted octanol–water partition coefficient (Wildman–Crippen LogP) is 7.66. The molecule has 2 aromatic carbocycles. The number of aromatic nitrogens is 1. The first-order valence-electron chi connectivity index (χ1n) is 9.74. The minimum Gasteiger partial charge on any atom is -0.427 e. The molecule has 0 N–H and O–H groups in total. The van der Waals surface area contributed by atoms with Crippen molar-refractivity contribution in [1.29, 1.82) is 0 Å². The lowest BCUT2D eigenvalue weighted by molar-refractivity contribution is -0.185. The summed E-state index contributed by atoms with van der Waals surface area (Å²) >= 11 is 0.655. The molecule has 2 nitrogen and oxygen atoms in total. The predicted molar refractivity (Wildman–Crippen MR) is 120 cm³/mol. The molecule has 3 aromatic rings. The molecule has 33 heavy (non-hydrogen) atoms. The smallest absolute Gasteiger partial charge is 0.427 e. The van der Waals surface area contributed by atoms with E-state index in [1.165, 1.54) is 0 Å². The highest BCUT2D eigenvalue weighted by atomic mass is 32.1. The van der Waals surface area contributed by atoms with Crippen molar-refractivity contribution < 1.29 is 26.7 Å². The number of halogens is 5. The van der Waals surface area contributed by atoms with Gasteiger partial charge in [0.1, 0.15) is 5.75 Å². The quantitative estimate of drug-likeness (QED) is 0.164. The first kappa shape index (κ1) is 24.2. The van der Waals surface area contributed by atoms with E-state index >= 15 is 0 Å². The fourth-order valence-corrected chi connectivity index (χ4v) is 3.72. The molecule has 8 heteroatoms. The van der Waals surface area contributed by atoms with Gasteiger partial charge >= 0.3 is 6.11 Å². The van der Waals surface area contributed by atoms with Gasteiger partial charge in [0.25, 0.3) is 0 Å². The van der Waals surface area contributed by atoms with E-state index in [0.717, 1.165) is 11.1 Å². The molecule has 0 spiro atoms. The molecule has 0 aliphatic carbocycles. The van der Waals surface area contributed by atoms with Crippen LogP contribution in [0.1, 0.15) is 31.3 Å². The monoisotopic (exact) mass is 475 g/mol. The molecule has 0 amide bonds. The highest BCUT2D eigenvalue weighted by Gasteiger charge is 2.39. The minimum atomic E-state index is -3.99. The van der Waals surface area contributed by atoms with Gasteiger partial charge in [-0.3, -0.25) is 0 Å². The average Bonchev–Trinajstić information content (AvgIpc) is 3.19. The Morgan fingerprint density at radius 1 is 1.09 bits per heavy atom. The lowest BCUT2D eigenvalue weighted by Gasteiger charge is -2.15.